The molecule has 1 heterocycles. The summed E-state index contributed by atoms with van der Waals surface area (Å²) in [6.07, 6.45) is 0. The van der Waals surface area contributed by atoms with E-state index in [2.05, 4.69) is 36.2 Å². The van der Waals surface area contributed by atoms with Crippen LogP contribution in [0.5, 0.6) is 0 Å². The van der Waals surface area contributed by atoms with Crippen molar-refractivity contribution in [2.45, 2.75) is 19.9 Å². The minimum atomic E-state index is -0.0715. The van der Waals surface area contributed by atoms with Gasteiger partial charge in [0.05, 0.1) is 0 Å². The van der Waals surface area contributed by atoms with Crippen LogP contribution in [0.1, 0.15) is 11.1 Å². The molecule has 1 N–H and O–H groups in total. The van der Waals surface area contributed by atoms with Crippen LogP contribution in [0.3, 0.4) is 0 Å². The summed E-state index contributed by atoms with van der Waals surface area (Å²) in [5, 5.41) is 3.11. The number of carbonyl (C=O) groups is 1. The lowest BCUT2D eigenvalue weighted by Crippen LogP contribution is -2.59. The van der Waals surface area contributed by atoms with Crippen LogP contribution < -0.4 is 10.2 Å². The lowest BCUT2D eigenvalue weighted by atomic mass is 10.0. The molecule has 1 aromatic rings. The maximum Gasteiger partial charge on any atom is 0.245 e. The first-order chi connectivity index (χ1) is 9.06. The van der Waals surface area contributed by atoms with E-state index in [9.17, 15) is 4.79 Å². The highest BCUT2D eigenvalue weighted by Gasteiger charge is 2.33. The molecule has 0 spiro atoms. The van der Waals surface area contributed by atoms with Crippen molar-refractivity contribution in [2.24, 2.45) is 0 Å². The van der Waals surface area contributed by atoms with E-state index in [1.54, 1.807) is 0 Å². The van der Waals surface area contributed by atoms with Crippen LogP contribution in [0.2, 0.25) is 0 Å². The Balaban J connectivity index is 2.32. The first-order valence-corrected chi connectivity index (χ1v) is 6.78. The molecule has 0 aliphatic carbocycles. The summed E-state index contributed by atoms with van der Waals surface area (Å²) in [5.74, 6) is 0.195. The number of hydrogen-bond donors (Lipinski definition) is 1. The lowest BCUT2D eigenvalue weighted by Gasteiger charge is -2.39. The Morgan fingerprint density at radius 2 is 1.89 bits per heavy atom. The summed E-state index contributed by atoms with van der Waals surface area (Å²) in [4.78, 5) is 16.8. The van der Waals surface area contributed by atoms with Crippen molar-refractivity contribution >= 4 is 11.6 Å². The zero-order valence-electron chi connectivity index (χ0n) is 12.2. The molecule has 1 amide bonds. The third kappa shape index (κ3) is 2.65. The Bertz CT molecular complexity index is 452. The average molecular weight is 261 g/mol. The van der Waals surface area contributed by atoms with Gasteiger partial charge in [-0.1, -0.05) is 18.2 Å². The molecule has 19 heavy (non-hydrogen) atoms. The van der Waals surface area contributed by atoms with E-state index in [-0.39, 0.29) is 11.9 Å². The molecule has 104 valence electrons. The van der Waals surface area contributed by atoms with E-state index in [1.807, 2.05) is 25.1 Å². The van der Waals surface area contributed by atoms with Gasteiger partial charge in [-0.05, 0) is 39.1 Å². The molecule has 2 rings (SSSR count). The average Bonchev–Trinajstić information content (AvgIpc) is 2.37. The van der Waals surface area contributed by atoms with Crippen molar-refractivity contribution in [1.82, 2.24) is 10.2 Å². The smallest absolute Gasteiger partial charge is 0.245 e. The monoisotopic (exact) mass is 261 g/mol. The predicted octanol–water partition coefficient (Wildman–Crippen LogP) is 1.17. The van der Waals surface area contributed by atoms with Gasteiger partial charge in [0.15, 0.2) is 0 Å². The lowest BCUT2D eigenvalue weighted by molar-refractivity contribution is -0.125. The van der Waals surface area contributed by atoms with Crippen LogP contribution in [-0.4, -0.2) is 50.6 Å². The number of hydrogen-bond acceptors (Lipinski definition) is 3. The standard InChI is InChI=1S/C15H23N3O/c1-11-6-5-7-12(2)14(11)18-9-8-17(4)13(10-16-3)15(18)19/h5-7,13,16H,8-10H2,1-4H3. The molecule has 1 unspecified atom stereocenters. The van der Waals surface area contributed by atoms with Crippen LogP contribution in [0.15, 0.2) is 18.2 Å². The van der Waals surface area contributed by atoms with E-state index < -0.39 is 0 Å². The molecule has 0 radical (unpaired) electrons. The second kappa shape index (κ2) is 5.72. The predicted molar refractivity (Wildman–Crippen MR) is 78.6 cm³/mol. The van der Waals surface area contributed by atoms with Gasteiger partial charge in [-0.25, -0.2) is 0 Å². The van der Waals surface area contributed by atoms with Crippen molar-refractivity contribution in [3.05, 3.63) is 29.3 Å². The highest BCUT2D eigenvalue weighted by molar-refractivity contribution is 5.99. The van der Waals surface area contributed by atoms with Gasteiger partial charge in [0, 0.05) is 25.3 Å². The number of likely N-dealkylation sites (N-methyl/N-ethyl adjacent to an activating group) is 2. The maximum atomic E-state index is 12.7. The molecule has 0 bridgehead atoms. The number of nitrogens with zero attached hydrogens (tertiary/aromatic N) is 2. The number of aryl methyl sites for hydroxylation is 2. The molecule has 4 heteroatoms. The Labute approximate surface area is 115 Å². The second-order valence-electron chi connectivity index (χ2n) is 5.28. The number of carbonyl (C=O) groups excluding carboxylic acids is 1. The zero-order valence-corrected chi connectivity index (χ0v) is 12.2. The molecule has 4 nitrogen and oxygen atoms in total. The molecule has 1 aliphatic heterocycles. The highest BCUT2D eigenvalue weighted by atomic mass is 16.2. The van der Waals surface area contributed by atoms with Gasteiger partial charge < -0.3 is 10.2 Å². The normalized spacial score (nSPS) is 20.9. The Morgan fingerprint density at radius 3 is 2.47 bits per heavy atom. The fourth-order valence-corrected chi connectivity index (χ4v) is 2.78. The van der Waals surface area contributed by atoms with Crippen LogP contribution in [0.4, 0.5) is 5.69 Å². The fraction of sp³-hybridized carbons (Fsp3) is 0.533. The van der Waals surface area contributed by atoms with Crippen LogP contribution in [0, 0.1) is 13.8 Å². The minimum absolute atomic E-state index is 0.0715. The van der Waals surface area contributed by atoms with Gasteiger partial charge in [0.2, 0.25) is 5.91 Å². The highest BCUT2D eigenvalue weighted by Crippen LogP contribution is 2.27. The number of para-hydroxylation sites is 1. The maximum absolute atomic E-state index is 12.7. The van der Waals surface area contributed by atoms with Crippen LogP contribution >= 0.6 is 0 Å². The SMILES string of the molecule is CNCC1C(=O)N(c2c(C)cccc2C)CCN1C. The number of rotatable bonds is 3. The Kier molecular flexibility index (Phi) is 4.22. The summed E-state index contributed by atoms with van der Waals surface area (Å²) in [6.45, 7) is 6.51. The molecular formula is C15H23N3O. The third-order valence-electron chi connectivity index (χ3n) is 3.87. The molecular weight excluding hydrogens is 238 g/mol. The van der Waals surface area contributed by atoms with E-state index in [4.69, 9.17) is 0 Å². The van der Waals surface area contributed by atoms with Gasteiger partial charge >= 0.3 is 0 Å². The Hall–Kier alpha value is -1.39. The number of piperazine rings is 1. The zero-order chi connectivity index (χ0) is 14.0. The van der Waals surface area contributed by atoms with E-state index in [1.165, 1.54) is 11.1 Å². The number of anilines is 1. The van der Waals surface area contributed by atoms with Crippen LogP contribution in [0.25, 0.3) is 0 Å². The second-order valence-corrected chi connectivity index (χ2v) is 5.28. The van der Waals surface area contributed by atoms with Gasteiger partial charge in [-0.15, -0.1) is 0 Å². The fourth-order valence-electron chi connectivity index (χ4n) is 2.78. The van der Waals surface area contributed by atoms with Crippen molar-refractivity contribution in [3.8, 4) is 0 Å². The van der Waals surface area contributed by atoms with Crippen molar-refractivity contribution < 1.29 is 4.79 Å². The number of benzene rings is 1. The third-order valence-corrected chi connectivity index (χ3v) is 3.87. The quantitative estimate of drug-likeness (QED) is 0.887. The summed E-state index contributed by atoms with van der Waals surface area (Å²) < 4.78 is 0. The first-order valence-electron chi connectivity index (χ1n) is 6.78. The molecule has 0 aromatic heterocycles. The van der Waals surface area contributed by atoms with Gasteiger partial charge in [-0.3, -0.25) is 9.69 Å². The molecule has 0 saturated carbocycles. The van der Waals surface area contributed by atoms with E-state index in [0.717, 1.165) is 18.8 Å². The van der Waals surface area contributed by atoms with Gasteiger partial charge in [0.1, 0.15) is 6.04 Å². The summed E-state index contributed by atoms with van der Waals surface area (Å²) in [7, 11) is 3.90. The number of amides is 1. The molecule has 1 fully saturated rings. The summed E-state index contributed by atoms with van der Waals surface area (Å²) >= 11 is 0. The largest absolute Gasteiger partial charge is 0.318 e. The van der Waals surface area contributed by atoms with Crippen molar-refractivity contribution in [1.29, 1.82) is 0 Å². The first kappa shape index (κ1) is 14.0. The molecule has 1 aromatic carbocycles. The van der Waals surface area contributed by atoms with Crippen molar-refractivity contribution in [2.75, 3.05) is 38.6 Å². The van der Waals surface area contributed by atoms with E-state index in [0.29, 0.717) is 6.54 Å². The minimum Gasteiger partial charge on any atom is -0.318 e. The summed E-state index contributed by atoms with van der Waals surface area (Å²) in [5.41, 5.74) is 3.42. The molecule has 1 aliphatic rings. The Morgan fingerprint density at radius 1 is 1.26 bits per heavy atom. The van der Waals surface area contributed by atoms with Gasteiger partial charge in [-0.2, -0.15) is 0 Å². The number of nitrogens with one attached hydrogen (secondary N) is 1. The van der Waals surface area contributed by atoms with Crippen LogP contribution in [-0.2, 0) is 4.79 Å². The van der Waals surface area contributed by atoms with E-state index >= 15 is 0 Å². The van der Waals surface area contributed by atoms with Crippen molar-refractivity contribution in [3.63, 3.8) is 0 Å². The topological polar surface area (TPSA) is 35.6 Å². The molecule has 1 saturated heterocycles. The summed E-state index contributed by atoms with van der Waals surface area (Å²) in [6, 6.07) is 6.11. The molecule has 1 atom stereocenters. The van der Waals surface area contributed by atoms with Gasteiger partial charge in [0.25, 0.3) is 0 Å².